The molecule has 4 aromatic rings. The molecule has 0 aliphatic heterocycles. The molecule has 4 N–H and O–H groups in total. The van der Waals surface area contributed by atoms with Gasteiger partial charge in [-0.3, -0.25) is 19.2 Å². The lowest BCUT2D eigenvalue weighted by Crippen LogP contribution is -2.47. The van der Waals surface area contributed by atoms with E-state index in [2.05, 4.69) is 15.7 Å². The zero-order chi connectivity index (χ0) is 27.9. The van der Waals surface area contributed by atoms with Crippen molar-refractivity contribution in [3.05, 3.63) is 119 Å². The lowest BCUT2D eigenvalue weighted by atomic mass is 10.0. The van der Waals surface area contributed by atoms with Crippen LogP contribution in [0.25, 0.3) is 5.69 Å². The number of ketones is 1. The summed E-state index contributed by atoms with van der Waals surface area (Å²) in [6, 6.07) is 21.7. The first kappa shape index (κ1) is 26.9. The molecule has 0 bridgehead atoms. The number of carbonyl (C=O) groups is 4. The van der Waals surface area contributed by atoms with Crippen molar-refractivity contribution in [2.24, 2.45) is 5.73 Å². The van der Waals surface area contributed by atoms with Gasteiger partial charge in [0.1, 0.15) is 17.6 Å². The minimum Gasteiger partial charge on any atom is -0.363 e. The molecule has 1 heterocycles. The van der Waals surface area contributed by atoms with E-state index in [1.165, 1.54) is 28.9 Å². The Morgan fingerprint density at radius 3 is 2.21 bits per heavy atom. The maximum atomic E-state index is 13.2. The number of amides is 3. The summed E-state index contributed by atoms with van der Waals surface area (Å²) in [5.74, 6) is -3.39. The van der Waals surface area contributed by atoms with E-state index in [0.717, 1.165) is 11.1 Å². The molecule has 39 heavy (non-hydrogen) atoms. The second kappa shape index (κ2) is 12.0. The predicted octanol–water partition coefficient (Wildman–Crippen LogP) is 2.65. The van der Waals surface area contributed by atoms with Crippen molar-refractivity contribution in [3.8, 4) is 5.69 Å². The van der Waals surface area contributed by atoms with Gasteiger partial charge in [0.05, 0.1) is 11.4 Å². The van der Waals surface area contributed by atoms with Crippen LogP contribution in [0.3, 0.4) is 0 Å². The number of nitrogens with one attached hydrogen (secondary N) is 2. The van der Waals surface area contributed by atoms with Crippen LogP contribution in [0.5, 0.6) is 0 Å². The van der Waals surface area contributed by atoms with Crippen LogP contribution in [-0.4, -0.2) is 39.3 Å². The van der Waals surface area contributed by atoms with Crippen molar-refractivity contribution in [2.75, 3.05) is 0 Å². The van der Waals surface area contributed by atoms with E-state index in [4.69, 9.17) is 5.73 Å². The number of hydrogen-bond acceptors (Lipinski definition) is 5. The minimum absolute atomic E-state index is 0.0970. The molecule has 3 amide bonds. The van der Waals surface area contributed by atoms with E-state index in [-0.39, 0.29) is 24.6 Å². The fraction of sp³-hybridized carbons (Fsp3) is 0.138. The number of aromatic nitrogens is 2. The summed E-state index contributed by atoms with van der Waals surface area (Å²) in [7, 11) is 0. The molecule has 10 heteroatoms. The van der Waals surface area contributed by atoms with Crippen molar-refractivity contribution >= 4 is 23.5 Å². The molecule has 0 aliphatic rings. The number of aryl methyl sites for hydroxylation is 1. The van der Waals surface area contributed by atoms with Crippen LogP contribution in [0.4, 0.5) is 4.39 Å². The summed E-state index contributed by atoms with van der Waals surface area (Å²) in [4.78, 5) is 49.6. The number of halogens is 1. The molecular weight excluding hydrogens is 501 g/mol. The summed E-state index contributed by atoms with van der Waals surface area (Å²) in [6.07, 6.45) is 0.0970. The Hall–Kier alpha value is -5.12. The molecule has 0 radical (unpaired) electrons. The van der Waals surface area contributed by atoms with Crippen LogP contribution < -0.4 is 16.4 Å². The second-order valence-electron chi connectivity index (χ2n) is 8.88. The summed E-state index contributed by atoms with van der Waals surface area (Å²) >= 11 is 0. The molecule has 0 fully saturated rings. The SMILES string of the molecule is Cc1cc(C(=O)NC(Cc2ccccc2)C(=O)C(N)=O)n(-c2ccc(CNC(=O)c3ccc(F)cc3)cc2)n1. The number of rotatable bonds is 10. The first-order valence-corrected chi connectivity index (χ1v) is 12.1. The Morgan fingerprint density at radius 1 is 0.897 bits per heavy atom. The van der Waals surface area contributed by atoms with Gasteiger partial charge in [0.25, 0.3) is 17.7 Å². The number of nitrogens with zero attached hydrogens (tertiary/aromatic N) is 2. The van der Waals surface area contributed by atoms with E-state index >= 15 is 0 Å². The molecule has 1 unspecified atom stereocenters. The van der Waals surface area contributed by atoms with Crippen molar-refractivity contribution in [1.29, 1.82) is 0 Å². The van der Waals surface area contributed by atoms with E-state index in [0.29, 0.717) is 16.9 Å². The van der Waals surface area contributed by atoms with Gasteiger partial charge in [-0.15, -0.1) is 0 Å². The van der Waals surface area contributed by atoms with Gasteiger partial charge in [-0.25, -0.2) is 9.07 Å². The Bertz CT molecular complexity index is 1500. The normalized spacial score (nSPS) is 11.4. The van der Waals surface area contributed by atoms with Gasteiger partial charge in [0, 0.05) is 18.5 Å². The van der Waals surface area contributed by atoms with Gasteiger partial charge in [-0.2, -0.15) is 5.10 Å². The third-order valence-electron chi connectivity index (χ3n) is 5.95. The molecule has 0 aliphatic carbocycles. The largest absolute Gasteiger partial charge is 0.363 e. The average Bonchev–Trinajstić information content (AvgIpc) is 3.33. The summed E-state index contributed by atoms with van der Waals surface area (Å²) in [5.41, 5.74) is 8.42. The first-order chi connectivity index (χ1) is 18.7. The van der Waals surface area contributed by atoms with E-state index in [9.17, 15) is 23.6 Å². The first-order valence-electron chi connectivity index (χ1n) is 12.1. The smallest absolute Gasteiger partial charge is 0.287 e. The highest BCUT2D eigenvalue weighted by atomic mass is 19.1. The molecule has 0 spiro atoms. The summed E-state index contributed by atoms with van der Waals surface area (Å²) in [5, 5.41) is 9.80. The molecule has 0 saturated carbocycles. The van der Waals surface area contributed by atoms with Crippen LogP contribution in [0.1, 0.15) is 37.7 Å². The van der Waals surface area contributed by atoms with Crippen LogP contribution in [-0.2, 0) is 22.6 Å². The number of Topliss-reactive ketones (excluding diaryl/α,β-unsaturated/α-hetero) is 1. The maximum absolute atomic E-state index is 13.2. The predicted molar refractivity (Wildman–Crippen MR) is 141 cm³/mol. The van der Waals surface area contributed by atoms with Gasteiger partial charge < -0.3 is 16.4 Å². The fourth-order valence-corrected chi connectivity index (χ4v) is 3.96. The molecular formula is C29H26FN5O4. The Balaban J connectivity index is 1.48. The molecule has 4 rings (SSSR count). The third kappa shape index (κ3) is 6.80. The van der Waals surface area contributed by atoms with Crippen LogP contribution in [0, 0.1) is 12.7 Å². The number of nitrogens with two attached hydrogens (primary N) is 1. The van der Waals surface area contributed by atoms with Gasteiger partial charge in [0.15, 0.2) is 0 Å². The fourth-order valence-electron chi connectivity index (χ4n) is 3.96. The highest BCUT2D eigenvalue weighted by molar-refractivity contribution is 6.38. The number of carbonyl (C=O) groups excluding carboxylic acids is 4. The molecule has 3 aromatic carbocycles. The highest BCUT2D eigenvalue weighted by Crippen LogP contribution is 2.15. The van der Waals surface area contributed by atoms with Gasteiger partial charge in [-0.1, -0.05) is 42.5 Å². The Kier molecular flexibility index (Phi) is 8.25. The van der Waals surface area contributed by atoms with E-state index < -0.39 is 29.5 Å². The minimum atomic E-state index is -1.15. The van der Waals surface area contributed by atoms with Crippen molar-refractivity contribution in [1.82, 2.24) is 20.4 Å². The Labute approximate surface area is 223 Å². The van der Waals surface area contributed by atoms with E-state index in [1.54, 1.807) is 61.5 Å². The lowest BCUT2D eigenvalue weighted by Gasteiger charge is -2.17. The van der Waals surface area contributed by atoms with Crippen LogP contribution >= 0.6 is 0 Å². The highest BCUT2D eigenvalue weighted by Gasteiger charge is 2.27. The lowest BCUT2D eigenvalue weighted by molar-refractivity contribution is -0.137. The van der Waals surface area contributed by atoms with Crippen LogP contribution in [0.15, 0.2) is 84.9 Å². The molecule has 1 atom stereocenters. The second-order valence-corrected chi connectivity index (χ2v) is 8.88. The standard InChI is InChI=1S/C29H26FN5O4/c1-18-15-25(29(39)33-24(26(36)27(31)37)16-19-5-3-2-4-6-19)35(34-18)23-13-7-20(8-14-23)17-32-28(38)21-9-11-22(30)12-10-21/h2-15,24H,16-17H2,1H3,(H2,31,37)(H,32,38)(H,33,39). The molecule has 1 aromatic heterocycles. The number of benzene rings is 3. The quantitative estimate of drug-likeness (QED) is 0.273. The zero-order valence-electron chi connectivity index (χ0n) is 21.1. The van der Waals surface area contributed by atoms with E-state index in [1.807, 2.05) is 6.07 Å². The number of hydrogen-bond donors (Lipinski definition) is 3. The molecule has 198 valence electrons. The van der Waals surface area contributed by atoms with Gasteiger partial charge in [-0.05, 0) is 60.5 Å². The van der Waals surface area contributed by atoms with Crippen molar-refractivity contribution < 1.29 is 23.6 Å². The topological polar surface area (TPSA) is 136 Å². The van der Waals surface area contributed by atoms with Crippen LogP contribution in [0.2, 0.25) is 0 Å². The molecule has 0 saturated heterocycles. The zero-order valence-corrected chi connectivity index (χ0v) is 21.1. The molecule has 9 nitrogen and oxygen atoms in total. The van der Waals surface area contributed by atoms with Crippen molar-refractivity contribution in [3.63, 3.8) is 0 Å². The summed E-state index contributed by atoms with van der Waals surface area (Å²) < 4.78 is 14.5. The van der Waals surface area contributed by atoms with Gasteiger partial charge in [0.2, 0.25) is 5.78 Å². The third-order valence-corrected chi connectivity index (χ3v) is 5.95. The van der Waals surface area contributed by atoms with Gasteiger partial charge >= 0.3 is 0 Å². The maximum Gasteiger partial charge on any atom is 0.287 e. The average molecular weight is 528 g/mol. The van der Waals surface area contributed by atoms with Crippen molar-refractivity contribution in [2.45, 2.75) is 25.9 Å². The number of primary amides is 1. The monoisotopic (exact) mass is 527 g/mol. The summed E-state index contributed by atoms with van der Waals surface area (Å²) in [6.45, 7) is 1.96. The Morgan fingerprint density at radius 2 is 1.56 bits per heavy atom.